The molecule has 0 amide bonds. The predicted molar refractivity (Wildman–Crippen MR) is 54.0 cm³/mol. The van der Waals surface area contributed by atoms with Crippen molar-refractivity contribution in [1.82, 2.24) is 0 Å². The van der Waals surface area contributed by atoms with Gasteiger partial charge in [0, 0.05) is 6.07 Å². The Balaban J connectivity index is 2.37. The molecule has 70 valence electrons. The molecule has 0 aliphatic carbocycles. The van der Waals surface area contributed by atoms with E-state index in [4.69, 9.17) is 4.42 Å². The molecule has 0 saturated carbocycles. The van der Waals surface area contributed by atoms with E-state index in [1.54, 1.807) is 6.20 Å². The van der Waals surface area contributed by atoms with Crippen molar-refractivity contribution in [2.24, 2.45) is 0 Å². The molecule has 2 heterocycles. The molecule has 1 aliphatic rings. The van der Waals surface area contributed by atoms with Crippen LogP contribution in [0.25, 0.3) is 17.3 Å². The smallest absolute Gasteiger partial charge is 0.418 e. The first-order chi connectivity index (χ1) is 6.84. The van der Waals surface area contributed by atoms with Gasteiger partial charge < -0.3 is 9.52 Å². The van der Waals surface area contributed by atoms with E-state index in [1.807, 2.05) is 28.8 Å². The number of nitrogens with zero attached hydrogens (tertiary/aromatic N) is 1. The van der Waals surface area contributed by atoms with Gasteiger partial charge in [-0.25, -0.2) is 0 Å². The lowest BCUT2D eigenvalue weighted by Gasteiger charge is -1.98. The van der Waals surface area contributed by atoms with Crippen LogP contribution in [0.3, 0.4) is 0 Å². The quantitative estimate of drug-likeness (QED) is 0.671. The molecule has 0 bridgehead atoms. The molecule has 3 nitrogen and oxygen atoms in total. The van der Waals surface area contributed by atoms with Crippen molar-refractivity contribution in [1.29, 1.82) is 0 Å². The lowest BCUT2D eigenvalue weighted by atomic mass is 10.3. The Morgan fingerprint density at radius 3 is 3.14 bits per heavy atom. The maximum absolute atomic E-state index is 9.41. The zero-order chi connectivity index (χ0) is 9.54. The van der Waals surface area contributed by atoms with E-state index in [1.165, 1.54) is 11.8 Å². The SMILES string of the molecule is OC1=C[n+]2c(oc3ccccc32)SC1. The molecule has 1 aromatic heterocycles. The number of rotatable bonds is 0. The van der Waals surface area contributed by atoms with Crippen LogP contribution < -0.4 is 4.57 Å². The molecule has 1 aliphatic heterocycles. The average molecular weight is 206 g/mol. The molecular formula is C10H8NO2S+. The second kappa shape index (κ2) is 2.78. The first-order valence-corrected chi connectivity index (χ1v) is 5.29. The molecule has 0 saturated heterocycles. The van der Waals surface area contributed by atoms with Crippen molar-refractivity contribution in [2.45, 2.75) is 5.22 Å². The van der Waals surface area contributed by atoms with Crippen molar-refractivity contribution >= 4 is 29.1 Å². The summed E-state index contributed by atoms with van der Waals surface area (Å²) in [5.41, 5.74) is 1.84. The number of fused-ring (bicyclic) bond motifs is 3. The van der Waals surface area contributed by atoms with Gasteiger partial charge in [0.05, 0.1) is 5.75 Å². The topological polar surface area (TPSA) is 37.2 Å². The molecule has 3 rings (SSSR count). The molecule has 14 heavy (non-hydrogen) atoms. The number of aliphatic hydroxyl groups is 1. The number of oxazole rings is 1. The third-order valence-corrected chi connectivity index (χ3v) is 3.11. The van der Waals surface area contributed by atoms with Crippen molar-refractivity contribution in [3.8, 4) is 0 Å². The molecule has 0 atom stereocenters. The number of benzene rings is 1. The molecule has 0 radical (unpaired) electrons. The number of aromatic nitrogens is 1. The van der Waals surface area contributed by atoms with E-state index >= 15 is 0 Å². The highest BCUT2D eigenvalue weighted by Gasteiger charge is 2.26. The van der Waals surface area contributed by atoms with Gasteiger partial charge in [0.15, 0.2) is 5.76 Å². The molecular weight excluding hydrogens is 198 g/mol. The summed E-state index contributed by atoms with van der Waals surface area (Å²) in [6, 6.07) is 7.78. The highest BCUT2D eigenvalue weighted by Crippen LogP contribution is 2.25. The van der Waals surface area contributed by atoms with Crippen LogP contribution in [-0.4, -0.2) is 10.9 Å². The van der Waals surface area contributed by atoms with Gasteiger partial charge in [0.2, 0.25) is 11.8 Å². The van der Waals surface area contributed by atoms with Gasteiger partial charge in [-0.15, -0.1) is 4.57 Å². The zero-order valence-corrected chi connectivity index (χ0v) is 8.12. The van der Waals surface area contributed by atoms with Crippen molar-refractivity contribution in [3.05, 3.63) is 30.0 Å². The van der Waals surface area contributed by atoms with Gasteiger partial charge in [-0.1, -0.05) is 12.1 Å². The summed E-state index contributed by atoms with van der Waals surface area (Å²) in [6.07, 6.45) is 1.71. The van der Waals surface area contributed by atoms with E-state index in [0.29, 0.717) is 11.5 Å². The lowest BCUT2D eigenvalue weighted by Crippen LogP contribution is -2.30. The summed E-state index contributed by atoms with van der Waals surface area (Å²) in [7, 11) is 0. The van der Waals surface area contributed by atoms with Gasteiger partial charge >= 0.3 is 5.22 Å². The van der Waals surface area contributed by atoms with Crippen LogP contribution in [-0.2, 0) is 0 Å². The number of para-hydroxylation sites is 2. The Bertz CT molecular complexity index is 530. The summed E-state index contributed by atoms with van der Waals surface area (Å²) in [5, 5.41) is 10.2. The van der Waals surface area contributed by atoms with Crippen LogP contribution in [0.15, 0.2) is 39.7 Å². The van der Waals surface area contributed by atoms with Crippen LogP contribution in [0.4, 0.5) is 0 Å². The third kappa shape index (κ3) is 1.04. The van der Waals surface area contributed by atoms with E-state index in [2.05, 4.69) is 0 Å². The van der Waals surface area contributed by atoms with Crippen molar-refractivity contribution < 1.29 is 14.1 Å². The maximum atomic E-state index is 9.41. The first-order valence-electron chi connectivity index (χ1n) is 4.30. The maximum Gasteiger partial charge on any atom is 0.418 e. The van der Waals surface area contributed by atoms with Gasteiger partial charge in [0.25, 0.3) is 5.52 Å². The number of hydrogen-bond acceptors (Lipinski definition) is 3. The zero-order valence-electron chi connectivity index (χ0n) is 7.30. The summed E-state index contributed by atoms with van der Waals surface area (Å²) in [6.45, 7) is 0. The lowest BCUT2D eigenvalue weighted by molar-refractivity contribution is -0.595. The molecule has 1 N–H and O–H groups in total. The fraction of sp³-hybridized carbons (Fsp3) is 0.100. The molecule has 0 fully saturated rings. The van der Waals surface area contributed by atoms with Crippen LogP contribution in [0, 0.1) is 0 Å². The van der Waals surface area contributed by atoms with E-state index in [9.17, 15) is 5.11 Å². The Kier molecular flexibility index (Phi) is 1.58. The van der Waals surface area contributed by atoms with Gasteiger partial charge in [-0.3, -0.25) is 0 Å². The van der Waals surface area contributed by atoms with Gasteiger partial charge in [-0.2, -0.15) is 0 Å². The standard InChI is InChI=1S/C10H7NO2S/c12-7-5-11-8-3-1-2-4-9(8)13-10(11)14-6-7/h1-5H,6H2/p+1. The summed E-state index contributed by atoms with van der Waals surface area (Å²) in [4.78, 5) is 0. The van der Waals surface area contributed by atoms with E-state index < -0.39 is 0 Å². The fourth-order valence-electron chi connectivity index (χ4n) is 1.53. The summed E-state index contributed by atoms with van der Waals surface area (Å²) >= 11 is 1.50. The van der Waals surface area contributed by atoms with E-state index in [-0.39, 0.29) is 0 Å². The van der Waals surface area contributed by atoms with Crippen LogP contribution in [0.2, 0.25) is 0 Å². The molecule has 4 heteroatoms. The highest BCUT2D eigenvalue weighted by molar-refractivity contribution is 7.99. The highest BCUT2D eigenvalue weighted by atomic mass is 32.2. The number of aliphatic hydroxyl groups excluding tert-OH is 1. The summed E-state index contributed by atoms with van der Waals surface area (Å²) in [5.74, 6) is 0.957. The van der Waals surface area contributed by atoms with Gasteiger partial charge in [0.1, 0.15) is 0 Å². The van der Waals surface area contributed by atoms with Crippen LogP contribution >= 0.6 is 11.8 Å². The second-order valence-corrected chi connectivity index (χ2v) is 4.04. The number of hydrogen-bond donors (Lipinski definition) is 1. The average Bonchev–Trinajstić information content (AvgIpc) is 2.56. The third-order valence-electron chi connectivity index (χ3n) is 2.14. The minimum absolute atomic E-state index is 0.374. The minimum atomic E-state index is 0.374. The van der Waals surface area contributed by atoms with E-state index in [0.717, 1.165) is 16.3 Å². The normalized spacial score (nSPS) is 15.3. The van der Waals surface area contributed by atoms with Crippen molar-refractivity contribution in [3.63, 3.8) is 0 Å². The predicted octanol–water partition coefficient (Wildman–Crippen LogP) is 2.18. The second-order valence-electron chi connectivity index (χ2n) is 3.11. The molecule has 2 aromatic rings. The van der Waals surface area contributed by atoms with Crippen LogP contribution in [0.5, 0.6) is 0 Å². The Morgan fingerprint density at radius 2 is 2.21 bits per heavy atom. The van der Waals surface area contributed by atoms with Crippen LogP contribution in [0.1, 0.15) is 0 Å². The van der Waals surface area contributed by atoms with Gasteiger partial charge in [-0.05, 0) is 17.8 Å². The minimum Gasteiger partial charge on any atom is -0.506 e. The fourth-order valence-corrected chi connectivity index (χ4v) is 2.31. The number of thioether (sulfide) groups is 1. The Morgan fingerprint density at radius 1 is 1.36 bits per heavy atom. The largest absolute Gasteiger partial charge is 0.506 e. The molecule has 1 aromatic carbocycles. The molecule has 0 unspecified atom stereocenters. The van der Waals surface area contributed by atoms with Crippen molar-refractivity contribution in [2.75, 3.05) is 5.75 Å². The Hall–Kier alpha value is -1.42. The molecule has 0 spiro atoms. The Labute approximate surface area is 84.7 Å². The summed E-state index contributed by atoms with van der Waals surface area (Å²) < 4.78 is 7.48. The monoisotopic (exact) mass is 206 g/mol. The first kappa shape index (κ1) is 7.94.